The summed E-state index contributed by atoms with van der Waals surface area (Å²) >= 11 is 0. The van der Waals surface area contributed by atoms with Crippen LogP contribution >= 0.6 is 0 Å². The maximum atomic E-state index is 12.7. The van der Waals surface area contributed by atoms with Crippen molar-refractivity contribution in [3.8, 4) is 0 Å². The standard InChI is InChI=1S/C22H35N3O/c1-3-25-13-9-19(10-14-25)16-22(26)23-21-11-12-24(2)17-20(21)15-18-7-5-4-6-8-18/h4-8,19-21H,3,9-17H2,1-2H3,(H,23,26)/t20-,21+/m0/s1. The molecule has 0 aromatic heterocycles. The molecule has 0 spiro atoms. The van der Waals surface area contributed by atoms with E-state index < -0.39 is 0 Å². The molecule has 1 N–H and O–H groups in total. The molecule has 0 radical (unpaired) electrons. The molecule has 1 amide bonds. The number of likely N-dealkylation sites (tertiary alicyclic amines) is 2. The summed E-state index contributed by atoms with van der Waals surface area (Å²) in [6.07, 6.45) is 5.16. The number of hydrogen-bond acceptors (Lipinski definition) is 3. The quantitative estimate of drug-likeness (QED) is 0.850. The summed E-state index contributed by atoms with van der Waals surface area (Å²) in [4.78, 5) is 17.6. The van der Waals surface area contributed by atoms with E-state index in [1.54, 1.807) is 0 Å². The van der Waals surface area contributed by atoms with Gasteiger partial charge in [0.05, 0.1) is 0 Å². The van der Waals surface area contributed by atoms with Crippen molar-refractivity contribution in [2.24, 2.45) is 11.8 Å². The van der Waals surface area contributed by atoms with Crippen molar-refractivity contribution in [3.63, 3.8) is 0 Å². The van der Waals surface area contributed by atoms with Crippen LogP contribution in [0, 0.1) is 11.8 Å². The highest BCUT2D eigenvalue weighted by Gasteiger charge is 2.30. The Balaban J connectivity index is 1.51. The Labute approximate surface area is 158 Å². The van der Waals surface area contributed by atoms with E-state index in [0.717, 1.165) is 45.6 Å². The second-order valence-corrected chi connectivity index (χ2v) is 8.26. The molecule has 4 nitrogen and oxygen atoms in total. The molecule has 2 atom stereocenters. The van der Waals surface area contributed by atoms with Gasteiger partial charge >= 0.3 is 0 Å². The number of amides is 1. The summed E-state index contributed by atoms with van der Waals surface area (Å²) in [5, 5.41) is 3.40. The van der Waals surface area contributed by atoms with Crippen LogP contribution < -0.4 is 5.32 Å². The van der Waals surface area contributed by atoms with Crippen LogP contribution in [0.5, 0.6) is 0 Å². The summed E-state index contributed by atoms with van der Waals surface area (Å²) in [6.45, 7) is 7.80. The van der Waals surface area contributed by atoms with Crippen LogP contribution in [-0.4, -0.2) is 61.5 Å². The van der Waals surface area contributed by atoms with Crippen molar-refractivity contribution < 1.29 is 4.79 Å². The van der Waals surface area contributed by atoms with Gasteiger partial charge in [0.25, 0.3) is 0 Å². The highest BCUT2D eigenvalue weighted by atomic mass is 16.1. The maximum Gasteiger partial charge on any atom is 0.220 e. The van der Waals surface area contributed by atoms with Gasteiger partial charge in [-0.2, -0.15) is 0 Å². The van der Waals surface area contributed by atoms with Gasteiger partial charge < -0.3 is 15.1 Å². The SMILES string of the molecule is CCN1CCC(CC(=O)N[C@@H]2CCN(C)C[C@@H]2Cc2ccccc2)CC1. The molecule has 1 aromatic carbocycles. The first-order valence-electron chi connectivity index (χ1n) is 10.4. The minimum Gasteiger partial charge on any atom is -0.353 e. The fourth-order valence-electron chi connectivity index (χ4n) is 4.56. The van der Waals surface area contributed by atoms with Gasteiger partial charge in [-0.15, -0.1) is 0 Å². The molecular weight excluding hydrogens is 322 g/mol. The summed E-state index contributed by atoms with van der Waals surface area (Å²) < 4.78 is 0. The van der Waals surface area contributed by atoms with Crippen molar-refractivity contribution >= 4 is 5.91 Å². The van der Waals surface area contributed by atoms with Gasteiger partial charge in [0.2, 0.25) is 5.91 Å². The molecule has 1 aromatic rings. The Bertz CT molecular complexity index is 554. The molecule has 4 heteroatoms. The summed E-state index contributed by atoms with van der Waals surface area (Å²) in [7, 11) is 2.19. The molecule has 0 unspecified atom stereocenters. The number of nitrogens with zero attached hydrogens (tertiary/aromatic N) is 2. The Kier molecular flexibility index (Phi) is 7.09. The first-order valence-corrected chi connectivity index (χ1v) is 10.4. The zero-order valence-corrected chi connectivity index (χ0v) is 16.5. The van der Waals surface area contributed by atoms with Crippen LogP contribution in [0.4, 0.5) is 0 Å². The lowest BCUT2D eigenvalue weighted by Crippen LogP contribution is -2.51. The highest BCUT2D eigenvalue weighted by Crippen LogP contribution is 2.23. The summed E-state index contributed by atoms with van der Waals surface area (Å²) in [6, 6.07) is 11.0. The number of nitrogens with one attached hydrogen (secondary N) is 1. The van der Waals surface area contributed by atoms with Crippen LogP contribution in [0.25, 0.3) is 0 Å². The molecule has 2 aliphatic heterocycles. The van der Waals surface area contributed by atoms with Gasteiger partial charge in [0, 0.05) is 19.0 Å². The predicted molar refractivity (Wildman–Crippen MR) is 107 cm³/mol. The number of hydrogen-bond donors (Lipinski definition) is 1. The minimum absolute atomic E-state index is 0.271. The average molecular weight is 358 g/mol. The number of rotatable bonds is 6. The molecule has 0 aliphatic carbocycles. The largest absolute Gasteiger partial charge is 0.353 e. The van der Waals surface area contributed by atoms with Crippen LogP contribution in [0.2, 0.25) is 0 Å². The summed E-state index contributed by atoms with van der Waals surface area (Å²) in [5.41, 5.74) is 1.37. The fraction of sp³-hybridized carbons (Fsp3) is 0.682. The molecule has 2 aliphatic rings. The van der Waals surface area contributed by atoms with Crippen molar-refractivity contribution in [3.05, 3.63) is 35.9 Å². The fourth-order valence-corrected chi connectivity index (χ4v) is 4.56. The van der Waals surface area contributed by atoms with Crippen LogP contribution in [0.1, 0.15) is 38.2 Å². The van der Waals surface area contributed by atoms with E-state index in [1.165, 1.54) is 18.4 Å². The van der Waals surface area contributed by atoms with Crippen LogP contribution in [-0.2, 0) is 11.2 Å². The normalized spacial score (nSPS) is 25.9. The third-order valence-corrected chi connectivity index (χ3v) is 6.25. The Morgan fingerprint density at radius 2 is 1.85 bits per heavy atom. The second kappa shape index (κ2) is 9.52. The first kappa shape index (κ1) is 19.4. The van der Waals surface area contributed by atoms with Crippen LogP contribution in [0.3, 0.4) is 0 Å². The third-order valence-electron chi connectivity index (χ3n) is 6.25. The third kappa shape index (κ3) is 5.55. The molecule has 3 rings (SSSR count). The van der Waals surface area contributed by atoms with Crippen molar-refractivity contribution in [2.75, 3.05) is 39.8 Å². The van der Waals surface area contributed by atoms with Crippen LogP contribution in [0.15, 0.2) is 30.3 Å². The van der Waals surface area contributed by atoms with Gasteiger partial charge in [-0.1, -0.05) is 37.3 Å². The van der Waals surface area contributed by atoms with Gasteiger partial charge in [-0.25, -0.2) is 0 Å². The number of carbonyl (C=O) groups excluding carboxylic acids is 1. The molecular formula is C22H35N3O. The number of carbonyl (C=O) groups is 1. The zero-order valence-electron chi connectivity index (χ0n) is 16.5. The van der Waals surface area contributed by atoms with Crippen molar-refractivity contribution in [2.45, 2.75) is 45.1 Å². The van der Waals surface area contributed by atoms with Crippen molar-refractivity contribution in [1.29, 1.82) is 0 Å². The van der Waals surface area contributed by atoms with E-state index in [2.05, 4.69) is 59.4 Å². The average Bonchev–Trinajstić information content (AvgIpc) is 2.65. The van der Waals surface area contributed by atoms with E-state index >= 15 is 0 Å². The van der Waals surface area contributed by atoms with Gasteiger partial charge in [-0.3, -0.25) is 4.79 Å². The smallest absolute Gasteiger partial charge is 0.220 e. The number of benzene rings is 1. The predicted octanol–water partition coefficient (Wildman–Crippen LogP) is 2.79. The molecule has 144 valence electrons. The van der Waals surface area contributed by atoms with Crippen molar-refractivity contribution in [1.82, 2.24) is 15.1 Å². The van der Waals surface area contributed by atoms with E-state index in [9.17, 15) is 4.79 Å². The zero-order chi connectivity index (χ0) is 18.4. The Morgan fingerprint density at radius 1 is 1.12 bits per heavy atom. The molecule has 0 bridgehead atoms. The Morgan fingerprint density at radius 3 is 2.54 bits per heavy atom. The lowest BCUT2D eigenvalue weighted by atomic mass is 9.86. The van der Waals surface area contributed by atoms with E-state index in [-0.39, 0.29) is 5.91 Å². The lowest BCUT2D eigenvalue weighted by molar-refractivity contribution is -0.123. The highest BCUT2D eigenvalue weighted by molar-refractivity contribution is 5.76. The monoisotopic (exact) mass is 357 g/mol. The number of piperidine rings is 2. The van der Waals surface area contributed by atoms with Gasteiger partial charge in [0.1, 0.15) is 0 Å². The van der Waals surface area contributed by atoms with E-state index in [0.29, 0.717) is 24.3 Å². The lowest BCUT2D eigenvalue weighted by Gasteiger charge is -2.38. The molecule has 0 saturated carbocycles. The maximum absolute atomic E-state index is 12.7. The topological polar surface area (TPSA) is 35.6 Å². The second-order valence-electron chi connectivity index (χ2n) is 8.26. The summed E-state index contributed by atoms with van der Waals surface area (Å²) in [5.74, 6) is 1.34. The minimum atomic E-state index is 0.271. The molecule has 2 saturated heterocycles. The first-order chi connectivity index (χ1) is 12.6. The Hall–Kier alpha value is -1.39. The van der Waals surface area contributed by atoms with Gasteiger partial charge in [-0.05, 0) is 76.3 Å². The van der Waals surface area contributed by atoms with E-state index in [4.69, 9.17) is 0 Å². The molecule has 2 fully saturated rings. The molecule has 26 heavy (non-hydrogen) atoms. The van der Waals surface area contributed by atoms with E-state index in [1.807, 2.05) is 0 Å². The van der Waals surface area contributed by atoms with Gasteiger partial charge in [0.15, 0.2) is 0 Å². The molecule has 2 heterocycles.